The minimum absolute atomic E-state index is 0.145. The van der Waals surface area contributed by atoms with Gasteiger partial charge < -0.3 is 0 Å². The van der Waals surface area contributed by atoms with Crippen LogP contribution in [0.3, 0.4) is 0 Å². The molecule has 0 N–H and O–H groups in total. The number of halogens is 1. The first kappa shape index (κ1) is 8.20. The van der Waals surface area contributed by atoms with Gasteiger partial charge in [0.05, 0.1) is 0 Å². The fraction of sp³-hybridized carbons (Fsp3) is 0. The summed E-state index contributed by atoms with van der Waals surface area (Å²) >= 11 is 5.34. The third-order valence-corrected chi connectivity index (χ3v) is 2.12. The van der Waals surface area contributed by atoms with Crippen LogP contribution in [0.4, 0.5) is 0 Å². The number of hydrogen-bond acceptors (Lipinski definition) is 2. The lowest BCUT2D eigenvalue weighted by atomic mass is 9.95. The molecular formula is C10H6ClNO. The van der Waals surface area contributed by atoms with Crippen LogP contribution in [0.1, 0.15) is 11.1 Å². The molecule has 0 atom stereocenters. The molecular weight excluding hydrogens is 186 g/mol. The SMILES string of the molecule is O=C1C=Cc2ccccc2C1=NCl. The van der Waals surface area contributed by atoms with Gasteiger partial charge in [-0.3, -0.25) is 4.79 Å². The first-order valence-electron chi connectivity index (χ1n) is 3.83. The summed E-state index contributed by atoms with van der Waals surface area (Å²) in [6.45, 7) is 0. The molecule has 0 spiro atoms. The summed E-state index contributed by atoms with van der Waals surface area (Å²) in [6.07, 6.45) is 3.24. The van der Waals surface area contributed by atoms with Gasteiger partial charge in [0, 0.05) is 17.3 Å². The maximum absolute atomic E-state index is 11.3. The highest BCUT2D eigenvalue weighted by atomic mass is 35.5. The number of carbonyl (C=O) groups is 1. The summed E-state index contributed by atoms with van der Waals surface area (Å²) in [7, 11) is 0. The normalized spacial score (nSPS) is 17.6. The van der Waals surface area contributed by atoms with E-state index in [1.54, 1.807) is 6.08 Å². The van der Waals surface area contributed by atoms with Crippen LogP contribution < -0.4 is 0 Å². The van der Waals surface area contributed by atoms with E-state index in [0.29, 0.717) is 5.71 Å². The first-order valence-corrected chi connectivity index (χ1v) is 4.17. The molecule has 2 rings (SSSR count). The quantitative estimate of drug-likeness (QED) is 0.618. The fourth-order valence-electron chi connectivity index (χ4n) is 1.32. The lowest BCUT2D eigenvalue weighted by Gasteiger charge is -2.09. The van der Waals surface area contributed by atoms with Crippen LogP contribution in [0, 0.1) is 0 Å². The van der Waals surface area contributed by atoms with E-state index >= 15 is 0 Å². The van der Waals surface area contributed by atoms with Crippen LogP contribution in [0.2, 0.25) is 0 Å². The van der Waals surface area contributed by atoms with Crippen molar-refractivity contribution in [3.05, 3.63) is 41.5 Å². The second-order valence-corrected chi connectivity index (χ2v) is 2.89. The average molecular weight is 192 g/mol. The Labute approximate surface area is 80.7 Å². The second kappa shape index (κ2) is 3.15. The number of allylic oxidation sites excluding steroid dienone is 1. The minimum Gasteiger partial charge on any atom is -0.287 e. The average Bonchev–Trinajstić information content (AvgIpc) is 2.18. The molecule has 64 valence electrons. The topological polar surface area (TPSA) is 29.4 Å². The zero-order chi connectivity index (χ0) is 9.26. The van der Waals surface area contributed by atoms with Crippen molar-refractivity contribution in [1.82, 2.24) is 0 Å². The molecule has 1 aliphatic rings. The summed E-state index contributed by atoms with van der Waals surface area (Å²) in [4.78, 5) is 11.3. The Morgan fingerprint density at radius 3 is 2.69 bits per heavy atom. The van der Waals surface area contributed by atoms with E-state index in [2.05, 4.69) is 4.51 Å². The van der Waals surface area contributed by atoms with Crippen molar-refractivity contribution in [1.29, 1.82) is 0 Å². The maximum Gasteiger partial charge on any atom is 0.205 e. The number of nitrogens with zero attached hydrogens (tertiary/aromatic N) is 1. The van der Waals surface area contributed by atoms with Gasteiger partial charge in [-0.05, 0) is 11.6 Å². The molecule has 0 aromatic heterocycles. The maximum atomic E-state index is 11.3. The predicted molar refractivity (Wildman–Crippen MR) is 52.9 cm³/mol. The number of benzene rings is 1. The van der Waals surface area contributed by atoms with Gasteiger partial charge in [-0.25, -0.2) is 0 Å². The molecule has 0 heterocycles. The van der Waals surface area contributed by atoms with Crippen molar-refractivity contribution in [2.24, 2.45) is 4.51 Å². The highest BCUT2D eigenvalue weighted by Crippen LogP contribution is 2.17. The highest BCUT2D eigenvalue weighted by molar-refractivity contribution is 6.54. The van der Waals surface area contributed by atoms with E-state index in [-0.39, 0.29) is 5.78 Å². The third kappa shape index (κ3) is 1.29. The van der Waals surface area contributed by atoms with Gasteiger partial charge in [-0.15, -0.1) is 0 Å². The lowest BCUT2D eigenvalue weighted by Crippen LogP contribution is -2.16. The summed E-state index contributed by atoms with van der Waals surface area (Å²) in [5.74, 6) is -0.145. The standard InChI is InChI=1S/C10H6ClNO/c11-12-10-8-4-2-1-3-7(8)5-6-9(10)13/h1-6H. The van der Waals surface area contributed by atoms with Gasteiger partial charge >= 0.3 is 0 Å². The molecule has 0 bridgehead atoms. The largest absolute Gasteiger partial charge is 0.287 e. The Morgan fingerprint density at radius 1 is 1.15 bits per heavy atom. The molecule has 13 heavy (non-hydrogen) atoms. The Balaban J connectivity index is 2.67. The van der Waals surface area contributed by atoms with Gasteiger partial charge in [0.15, 0.2) is 0 Å². The van der Waals surface area contributed by atoms with Crippen LogP contribution in [-0.4, -0.2) is 11.5 Å². The fourth-order valence-corrected chi connectivity index (χ4v) is 1.50. The van der Waals surface area contributed by atoms with Gasteiger partial charge in [0.1, 0.15) is 5.71 Å². The van der Waals surface area contributed by atoms with Gasteiger partial charge in [0.2, 0.25) is 5.78 Å². The zero-order valence-corrected chi connectivity index (χ0v) is 7.45. The van der Waals surface area contributed by atoms with E-state index in [1.807, 2.05) is 24.3 Å². The van der Waals surface area contributed by atoms with Crippen LogP contribution >= 0.6 is 11.8 Å². The summed E-state index contributed by atoms with van der Waals surface area (Å²) < 4.78 is 3.46. The number of fused-ring (bicyclic) bond motifs is 1. The van der Waals surface area contributed by atoms with Crippen molar-refractivity contribution in [2.75, 3.05) is 0 Å². The van der Waals surface area contributed by atoms with Crippen LogP contribution in [0.15, 0.2) is 34.9 Å². The molecule has 2 nitrogen and oxygen atoms in total. The smallest absolute Gasteiger partial charge is 0.205 e. The molecule has 0 saturated heterocycles. The summed E-state index contributed by atoms with van der Waals surface area (Å²) in [5.41, 5.74) is 2.09. The van der Waals surface area contributed by atoms with Crippen molar-refractivity contribution < 1.29 is 4.79 Å². The Bertz CT molecular complexity index is 421. The van der Waals surface area contributed by atoms with Crippen LogP contribution in [0.25, 0.3) is 6.08 Å². The Kier molecular flexibility index (Phi) is 1.99. The number of rotatable bonds is 0. The molecule has 3 heteroatoms. The molecule has 0 amide bonds. The predicted octanol–water partition coefficient (Wildman–Crippen LogP) is 2.23. The zero-order valence-electron chi connectivity index (χ0n) is 6.70. The number of hydrogen-bond donors (Lipinski definition) is 0. The summed E-state index contributed by atoms with van der Waals surface area (Å²) in [5, 5.41) is 0. The van der Waals surface area contributed by atoms with Gasteiger partial charge in [0.25, 0.3) is 0 Å². The molecule has 0 fully saturated rings. The third-order valence-electron chi connectivity index (χ3n) is 1.95. The molecule has 0 radical (unpaired) electrons. The Hall–Kier alpha value is -1.41. The van der Waals surface area contributed by atoms with E-state index in [0.717, 1.165) is 11.1 Å². The molecule has 0 saturated carbocycles. The monoisotopic (exact) mass is 191 g/mol. The Morgan fingerprint density at radius 2 is 1.92 bits per heavy atom. The van der Waals surface area contributed by atoms with Crippen molar-refractivity contribution >= 4 is 29.3 Å². The van der Waals surface area contributed by atoms with Crippen molar-refractivity contribution in [3.8, 4) is 0 Å². The number of carbonyl (C=O) groups excluding carboxylic acids is 1. The molecule has 1 aromatic rings. The van der Waals surface area contributed by atoms with Crippen molar-refractivity contribution in [2.45, 2.75) is 0 Å². The van der Waals surface area contributed by atoms with Crippen LogP contribution in [0.5, 0.6) is 0 Å². The van der Waals surface area contributed by atoms with Gasteiger partial charge in [-0.2, -0.15) is 4.51 Å². The van der Waals surface area contributed by atoms with E-state index < -0.39 is 0 Å². The number of ketones is 1. The van der Waals surface area contributed by atoms with E-state index in [1.165, 1.54) is 6.08 Å². The minimum atomic E-state index is -0.145. The highest BCUT2D eigenvalue weighted by Gasteiger charge is 2.17. The molecule has 0 unspecified atom stereocenters. The lowest BCUT2D eigenvalue weighted by molar-refractivity contribution is -0.108. The second-order valence-electron chi connectivity index (χ2n) is 2.72. The molecule has 0 aliphatic heterocycles. The van der Waals surface area contributed by atoms with E-state index in [9.17, 15) is 4.79 Å². The summed E-state index contributed by atoms with van der Waals surface area (Å²) in [6, 6.07) is 7.51. The molecule has 1 aliphatic carbocycles. The van der Waals surface area contributed by atoms with Gasteiger partial charge in [-0.1, -0.05) is 30.3 Å². The molecule has 1 aromatic carbocycles. The van der Waals surface area contributed by atoms with Crippen LogP contribution in [-0.2, 0) is 4.79 Å². The van der Waals surface area contributed by atoms with Crippen molar-refractivity contribution in [3.63, 3.8) is 0 Å². The first-order chi connectivity index (χ1) is 6.33. The van der Waals surface area contributed by atoms with E-state index in [4.69, 9.17) is 11.8 Å².